The fraction of sp³-hybridized carbons (Fsp3) is 0.375. The van der Waals surface area contributed by atoms with Crippen LogP contribution in [0.5, 0.6) is 0 Å². The number of hydrogen-bond donors (Lipinski definition) is 1. The molecule has 1 N–H and O–H groups in total. The van der Waals surface area contributed by atoms with Crippen LogP contribution in [-0.2, 0) is 7.05 Å². The molecule has 0 fully saturated rings. The molecule has 1 heterocycles. The predicted molar refractivity (Wildman–Crippen MR) is 42.6 cm³/mol. The minimum Gasteiger partial charge on any atom is -0.357 e. The lowest BCUT2D eigenvalue weighted by atomic mass is 10.5. The maximum atomic E-state index is 7.08. The maximum absolute atomic E-state index is 7.08. The van der Waals surface area contributed by atoms with E-state index < -0.39 is 0 Å². The highest BCUT2D eigenvalue weighted by Crippen LogP contribution is 1.73. The molecule has 1 rings (SSSR count). The van der Waals surface area contributed by atoms with E-state index >= 15 is 0 Å². The lowest BCUT2D eigenvalue weighted by Crippen LogP contribution is -1.98. The van der Waals surface area contributed by atoms with E-state index in [2.05, 4.69) is 0 Å². The Morgan fingerprint density at radius 3 is 1.90 bits per heavy atom. The van der Waals surface area contributed by atoms with Gasteiger partial charge in [0, 0.05) is 19.4 Å². The molecular formula is C8H14N2. The normalized spacial score (nSPS) is 7.90. The lowest BCUT2D eigenvalue weighted by Gasteiger charge is -1.91. The van der Waals surface area contributed by atoms with Crippen molar-refractivity contribution in [2.45, 2.75) is 13.8 Å². The minimum atomic E-state index is 0.558. The first-order chi connectivity index (χ1) is 4.79. The molecule has 0 aliphatic carbocycles. The second-order valence-corrected chi connectivity index (χ2v) is 1.75. The summed E-state index contributed by atoms with van der Waals surface area (Å²) < 4.78 is 1.90. The molecule has 0 radical (unpaired) electrons. The van der Waals surface area contributed by atoms with Crippen molar-refractivity contribution in [1.82, 2.24) is 4.57 Å². The average Bonchev–Trinajstić information content (AvgIpc) is 2.00. The summed E-state index contributed by atoms with van der Waals surface area (Å²) in [5.41, 5.74) is 0. The van der Waals surface area contributed by atoms with Gasteiger partial charge in [-0.2, -0.15) is 0 Å². The standard InChI is InChI=1S/C6H8N2.C2H6/c1-8-4-2-6(7)3-5-8;1-2/h2-5,7H,1H3;1-2H3. The van der Waals surface area contributed by atoms with Gasteiger partial charge in [-0.15, -0.1) is 0 Å². The van der Waals surface area contributed by atoms with Gasteiger partial charge in [0.15, 0.2) is 0 Å². The summed E-state index contributed by atoms with van der Waals surface area (Å²) in [6, 6.07) is 3.50. The summed E-state index contributed by atoms with van der Waals surface area (Å²) in [6.45, 7) is 4.00. The molecule has 2 heteroatoms. The van der Waals surface area contributed by atoms with Crippen LogP contribution in [0.3, 0.4) is 0 Å². The van der Waals surface area contributed by atoms with Gasteiger partial charge in [-0.05, 0) is 12.1 Å². The van der Waals surface area contributed by atoms with Crippen LogP contribution in [-0.4, -0.2) is 4.57 Å². The molecule has 0 atom stereocenters. The van der Waals surface area contributed by atoms with Crippen molar-refractivity contribution in [2.75, 3.05) is 0 Å². The molecule has 0 spiro atoms. The molecule has 2 nitrogen and oxygen atoms in total. The smallest absolute Gasteiger partial charge is 0.0568 e. The predicted octanol–water partition coefficient (Wildman–Crippen LogP) is 1.53. The van der Waals surface area contributed by atoms with Crippen molar-refractivity contribution >= 4 is 0 Å². The highest BCUT2D eigenvalue weighted by molar-refractivity contribution is 4.89. The number of nitrogens with one attached hydrogen (secondary N) is 1. The largest absolute Gasteiger partial charge is 0.357 e. The van der Waals surface area contributed by atoms with E-state index in [1.54, 1.807) is 12.1 Å². The Morgan fingerprint density at radius 2 is 1.60 bits per heavy atom. The number of hydrogen-bond acceptors (Lipinski definition) is 1. The highest BCUT2D eigenvalue weighted by Gasteiger charge is 1.73. The number of aryl methyl sites for hydroxylation is 1. The molecule has 0 bridgehead atoms. The maximum Gasteiger partial charge on any atom is 0.0568 e. The van der Waals surface area contributed by atoms with Gasteiger partial charge < -0.3 is 9.98 Å². The van der Waals surface area contributed by atoms with Gasteiger partial charge in [-0.1, -0.05) is 13.8 Å². The van der Waals surface area contributed by atoms with Crippen LogP contribution >= 0.6 is 0 Å². The van der Waals surface area contributed by atoms with Gasteiger partial charge in [0.05, 0.1) is 5.36 Å². The van der Waals surface area contributed by atoms with E-state index in [9.17, 15) is 0 Å². The average molecular weight is 138 g/mol. The molecule has 10 heavy (non-hydrogen) atoms. The summed E-state index contributed by atoms with van der Waals surface area (Å²) in [7, 11) is 1.93. The van der Waals surface area contributed by atoms with E-state index in [0.29, 0.717) is 5.36 Å². The van der Waals surface area contributed by atoms with Crippen LogP contribution in [0.25, 0.3) is 0 Å². The summed E-state index contributed by atoms with van der Waals surface area (Å²) in [5.74, 6) is 0. The van der Waals surface area contributed by atoms with Crippen LogP contribution in [0.4, 0.5) is 0 Å². The fourth-order valence-corrected chi connectivity index (χ4v) is 0.501. The Bertz CT molecular complexity index is 204. The van der Waals surface area contributed by atoms with Gasteiger partial charge in [0.2, 0.25) is 0 Å². The van der Waals surface area contributed by atoms with Crippen molar-refractivity contribution < 1.29 is 0 Å². The van der Waals surface area contributed by atoms with Crippen molar-refractivity contribution in [3.05, 3.63) is 29.9 Å². The van der Waals surface area contributed by atoms with Gasteiger partial charge in [0.1, 0.15) is 0 Å². The van der Waals surface area contributed by atoms with E-state index in [0.717, 1.165) is 0 Å². The van der Waals surface area contributed by atoms with Crippen molar-refractivity contribution in [3.8, 4) is 0 Å². The molecular weight excluding hydrogens is 124 g/mol. The minimum absolute atomic E-state index is 0.558. The van der Waals surface area contributed by atoms with E-state index in [-0.39, 0.29) is 0 Å². The molecule has 0 saturated heterocycles. The van der Waals surface area contributed by atoms with E-state index in [1.807, 2.05) is 37.9 Å². The SMILES string of the molecule is CC.Cn1ccc(=N)cc1. The van der Waals surface area contributed by atoms with Gasteiger partial charge >= 0.3 is 0 Å². The Kier molecular flexibility index (Phi) is 4.29. The molecule has 1 aromatic rings. The van der Waals surface area contributed by atoms with Crippen LogP contribution in [0.2, 0.25) is 0 Å². The van der Waals surface area contributed by atoms with Crippen molar-refractivity contribution in [3.63, 3.8) is 0 Å². The van der Waals surface area contributed by atoms with Crippen LogP contribution in [0.1, 0.15) is 13.8 Å². The highest BCUT2D eigenvalue weighted by atomic mass is 14.9. The lowest BCUT2D eigenvalue weighted by molar-refractivity contribution is 0.895. The number of aromatic nitrogens is 1. The third-order valence-corrected chi connectivity index (χ3v) is 0.978. The Morgan fingerprint density at radius 1 is 1.20 bits per heavy atom. The Labute approximate surface area is 61.6 Å². The first-order valence-corrected chi connectivity index (χ1v) is 3.46. The molecule has 0 aromatic carbocycles. The van der Waals surface area contributed by atoms with Crippen LogP contribution in [0.15, 0.2) is 24.5 Å². The van der Waals surface area contributed by atoms with Crippen molar-refractivity contribution in [1.29, 1.82) is 5.41 Å². The van der Waals surface area contributed by atoms with Crippen LogP contribution in [0, 0.1) is 5.41 Å². The first-order valence-electron chi connectivity index (χ1n) is 3.46. The second kappa shape index (κ2) is 4.79. The quantitative estimate of drug-likeness (QED) is 0.563. The third-order valence-electron chi connectivity index (χ3n) is 0.978. The number of pyridine rings is 1. The van der Waals surface area contributed by atoms with Gasteiger partial charge in [-0.25, -0.2) is 0 Å². The topological polar surface area (TPSA) is 28.8 Å². The molecule has 0 saturated carbocycles. The van der Waals surface area contributed by atoms with Crippen molar-refractivity contribution in [2.24, 2.45) is 7.05 Å². The fourth-order valence-electron chi connectivity index (χ4n) is 0.501. The molecule has 0 aliphatic heterocycles. The zero-order valence-electron chi connectivity index (χ0n) is 6.76. The second-order valence-electron chi connectivity index (χ2n) is 1.75. The van der Waals surface area contributed by atoms with Gasteiger partial charge in [-0.3, -0.25) is 0 Å². The third kappa shape index (κ3) is 3.07. The monoisotopic (exact) mass is 138 g/mol. The molecule has 1 aromatic heterocycles. The zero-order valence-corrected chi connectivity index (χ0v) is 6.76. The molecule has 56 valence electrons. The number of nitrogens with zero attached hydrogens (tertiary/aromatic N) is 1. The van der Waals surface area contributed by atoms with Crippen LogP contribution < -0.4 is 5.36 Å². The zero-order chi connectivity index (χ0) is 7.98. The molecule has 0 amide bonds. The Balaban J connectivity index is 0.000000371. The van der Waals surface area contributed by atoms with E-state index in [1.165, 1.54) is 0 Å². The first kappa shape index (κ1) is 8.95. The summed E-state index contributed by atoms with van der Waals surface area (Å²) >= 11 is 0. The summed E-state index contributed by atoms with van der Waals surface area (Å²) in [6.07, 6.45) is 3.70. The van der Waals surface area contributed by atoms with Gasteiger partial charge in [0.25, 0.3) is 0 Å². The Hall–Kier alpha value is -1.05. The van der Waals surface area contributed by atoms with E-state index in [4.69, 9.17) is 5.41 Å². The number of rotatable bonds is 0. The summed E-state index contributed by atoms with van der Waals surface area (Å²) in [4.78, 5) is 0. The summed E-state index contributed by atoms with van der Waals surface area (Å²) in [5, 5.41) is 7.64. The molecule has 0 unspecified atom stereocenters. The molecule has 0 aliphatic rings.